The Labute approximate surface area is 114 Å². The maximum atomic E-state index is 11.7. The largest absolute Gasteiger partial charge is 0.352 e. The second-order valence-corrected chi connectivity index (χ2v) is 6.57. The van der Waals surface area contributed by atoms with Crippen LogP contribution in [-0.2, 0) is 14.6 Å². The van der Waals surface area contributed by atoms with E-state index in [1.165, 1.54) is 6.08 Å². The Bertz CT molecular complexity index is 547. The molecule has 0 spiro atoms. The molecular weight excluding hydrogens is 262 g/mol. The summed E-state index contributed by atoms with van der Waals surface area (Å²) in [6.07, 6.45) is 3.41. The zero-order valence-electron chi connectivity index (χ0n) is 11.2. The number of sulfone groups is 1. The second-order valence-electron chi connectivity index (χ2n) is 4.31. The molecule has 0 saturated carbocycles. The second kappa shape index (κ2) is 7.09. The van der Waals surface area contributed by atoms with Crippen LogP contribution in [0.2, 0.25) is 0 Å². The fourth-order valence-corrected chi connectivity index (χ4v) is 2.08. The molecule has 0 aliphatic rings. The van der Waals surface area contributed by atoms with E-state index in [9.17, 15) is 13.2 Å². The van der Waals surface area contributed by atoms with Crippen molar-refractivity contribution in [1.29, 1.82) is 0 Å². The van der Waals surface area contributed by atoms with Crippen LogP contribution >= 0.6 is 0 Å². The lowest BCUT2D eigenvalue weighted by Gasteiger charge is -2.06. The van der Waals surface area contributed by atoms with Crippen LogP contribution in [0.4, 0.5) is 0 Å². The van der Waals surface area contributed by atoms with Crippen LogP contribution in [0.15, 0.2) is 36.4 Å². The Hall–Kier alpha value is -1.62. The van der Waals surface area contributed by atoms with Gasteiger partial charge in [0.05, 0.1) is 5.75 Å². The molecule has 5 heteroatoms. The van der Waals surface area contributed by atoms with E-state index in [2.05, 4.69) is 5.32 Å². The minimum Gasteiger partial charge on any atom is -0.352 e. The molecule has 0 aliphatic carbocycles. The highest BCUT2D eigenvalue weighted by Gasteiger charge is 2.05. The molecule has 1 N–H and O–H groups in total. The van der Waals surface area contributed by atoms with Crippen molar-refractivity contribution in [3.8, 4) is 0 Å². The zero-order chi connectivity index (χ0) is 14.3. The van der Waals surface area contributed by atoms with Gasteiger partial charge in [-0.1, -0.05) is 37.3 Å². The Morgan fingerprint density at radius 1 is 1.26 bits per heavy atom. The molecule has 1 aromatic rings. The van der Waals surface area contributed by atoms with E-state index in [1.54, 1.807) is 0 Å². The molecule has 1 aromatic carbocycles. The van der Waals surface area contributed by atoms with Crippen LogP contribution in [0.1, 0.15) is 18.9 Å². The van der Waals surface area contributed by atoms with E-state index in [4.69, 9.17) is 0 Å². The predicted molar refractivity (Wildman–Crippen MR) is 77.4 cm³/mol. The van der Waals surface area contributed by atoms with Crippen molar-refractivity contribution in [1.82, 2.24) is 5.32 Å². The summed E-state index contributed by atoms with van der Waals surface area (Å²) in [5, 5.41) is 2.58. The Morgan fingerprint density at radius 3 is 2.42 bits per heavy atom. The van der Waals surface area contributed by atoms with Gasteiger partial charge >= 0.3 is 0 Å². The topological polar surface area (TPSA) is 63.2 Å². The fourth-order valence-electron chi connectivity index (χ4n) is 1.61. The van der Waals surface area contributed by atoms with Gasteiger partial charge in [0, 0.05) is 18.9 Å². The lowest BCUT2D eigenvalue weighted by atomic mass is 10.0. The third-order valence-corrected chi connectivity index (χ3v) is 3.55. The predicted octanol–water partition coefficient (Wildman–Crippen LogP) is 1.64. The zero-order valence-corrected chi connectivity index (χ0v) is 12.0. The number of rotatable bonds is 6. The first-order valence-electron chi connectivity index (χ1n) is 6.14. The van der Waals surface area contributed by atoms with Crippen LogP contribution in [0.25, 0.3) is 5.57 Å². The van der Waals surface area contributed by atoms with E-state index in [0.717, 1.165) is 23.8 Å². The van der Waals surface area contributed by atoms with Gasteiger partial charge < -0.3 is 5.32 Å². The van der Waals surface area contributed by atoms with Crippen LogP contribution in [-0.4, -0.2) is 32.9 Å². The number of amides is 1. The third-order valence-electron chi connectivity index (χ3n) is 2.60. The third kappa shape index (κ3) is 6.20. The molecule has 0 atom stereocenters. The summed E-state index contributed by atoms with van der Waals surface area (Å²) < 4.78 is 21.9. The minimum atomic E-state index is -3.04. The summed E-state index contributed by atoms with van der Waals surface area (Å²) in [6.45, 7) is 2.11. The summed E-state index contributed by atoms with van der Waals surface area (Å²) in [4.78, 5) is 11.7. The SMILES string of the molecule is CC/C(=C\C(=O)NCCS(C)(=O)=O)c1ccccc1. The number of hydrogen-bond donors (Lipinski definition) is 1. The molecular formula is C14H19NO3S. The molecule has 0 radical (unpaired) electrons. The maximum absolute atomic E-state index is 11.7. The van der Waals surface area contributed by atoms with E-state index >= 15 is 0 Å². The highest BCUT2D eigenvalue weighted by atomic mass is 32.2. The number of benzene rings is 1. The Morgan fingerprint density at radius 2 is 1.89 bits per heavy atom. The maximum Gasteiger partial charge on any atom is 0.244 e. The summed E-state index contributed by atoms with van der Waals surface area (Å²) >= 11 is 0. The van der Waals surface area contributed by atoms with Gasteiger partial charge in [0.1, 0.15) is 9.84 Å². The van der Waals surface area contributed by atoms with Crippen LogP contribution in [0.5, 0.6) is 0 Å². The molecule has 0 aromatic heterocycles. The Kier molecular flexibility index (Phi) is 5.76. The number of hydrogen-bond acceptors (Lipinski definition) is 3. The summed E-state index contributed by atoms with van der Waals surface area (Å²) in [5.74, 6) is -0.302. The summed E-state index contributed by atoms with van der Waals surface area (Å²) in [5.41, 5.74) is 1.93. The molecule has 104 valence electrons. The monoisotopic (exact) mass is 281 g/mol. The van der Waals surface area contributed by atoms with Crippen molar-refractivity contribution >= 4 is 21.3 Å². The number of nitrogens with one attached hydrogen (secondary N) is 1. The molecule has 0 unspecified atom stereocenters. The van der Waals surface area contributed by atoms with Crippen LogP contribution in [0.3, 0.4) is 0 Å². The van der Waals surface area contributed by atoms with E-state index in [-0.39, 0.29) is 18.2 Å². The molecule has 0 heterocycles. The average molecular weight is 281 g/mol. The van der Waals surface area contributed by atoms with Gasteiger partial charge in [-0.15, -0.1) is 0 Å². The van der Waals surface area contributed by atoms with Gasteiger partial charge in [0.15, 0.2) is 0 Å². The van der Waals surface area contributed by atoms with E-state index in [1.807, 2.05) is 37.3 Å². The van der Waals surface area contributed by atoms with Gasteiger partial charge in [0.25, 0.3) is 0 Å². The first-order valence-corrected chi connectivity index (χ1v) is 8.20. The van der Waals surface area contributed by atoms with Gasteiger partial charge in [-0.05, 0) is 17.6 Å². The van der Waals surface area contributed by atoms with E-state index in [0.29, 0.717) is 0 Å². The molecule has 19 heavy (non-hydrogen) atoms. The van der Waals surface area contributed by atoms with Gasteiger partial charge in [-0.2, -0.15) is 0 Å². The quantitative estimate of drug-likeness (QED) is 0.806. The number of allylic oxidation sites excluding steroid dienone is 1. The first kappa shape index (κ1) is 15.4. The van der Waals surface area contributed by atoms with Crippen molar-refractivity contribution in [3.63, 3.8) is 0 Å². The van der Waals surface area contributed by atoms with Gasteiger partial charge in [-0.25, -0.2) is 8.42 Å². The Balaban J connectivity index is 2.64. The molecule has 0 bridgehead atoms. The molecule has 0 aliphatic heterocycles. The molecule has 0 fully saturated rings. The average Bonchev–Trinajstić information content (AvgIpc) is 2.35. The molecule has 4 nitrogen and oxygen atoms in total. The standard InChI is InChI=1S/C14H19NO3S/c1-3-12(13-7-5-4-6-8-13)11-14(16)15-9-10-19(2,17)18/h4-8,11H,3,9-10H2,1-2H3,(H,15,16)/b12-11+. The number of carbonyl (C=O) groups is 1. The fraction of sp³-hybridized carbons (Fsp3) is 0.357. The summed E-state index contributed by atoms with van der Waals surface area (Å²) in [7, 11) is -3.04. The van der Waals surface area contributed by atoms with Crippen molar-refractivity contribution < 1.29 is 13.2 Å². The van der Waals surface area contributed by atoms with Crippen molar-refractivity contribution in [3.05, 3.63) is 42.0 Å². The van der Waals surface area contributed by atoms with Gasteiger partial charge in [-0.3, -0.25) is 4.79 Å². The van der Waals surface area contributed by atoms with Crippen LogP contribution in [0, 0.1) is 0 Å². The minimum absolute atomic E-state index is 0.0423. The lowest BCUT2D eigenvalue weighted by molar-refractivity contribution is -0.116. The number of carbonyl (C=O) groups excluding carboxylic acids is 1. The summed E-state index contributed by atoms with van der Waals surface area (Å²) in [6, 6.07) is 9.64. The highest BCUT2D eigenvalue weighted by Crippen LogP contribution is 2.16. The van der Waals surface area contributed by atoms with Crippen LogP contribution < -0.4 is 5.32 Å². The highest BCUT2D eigenvalue weighted by molar-refractivity contribution is 7.90. The lowest BCUT2D eigenvalue weighted by Crippen LogP contribution is -2.27. The molecule has 1 amide bonds. The molecule has 1 rings (SSSR count). The van der Waals surface area contributed by atoms with E-state index < -0.39 is 9.84 Å². The van der Waals surface area contributed by atoms with Crippen molar-refractivity contribution in [2.75, 3.05) is 18.6 Å². The van der Waals surface area contributed by atoms with Crippen molar-refractivity contribution in [2.24, 2.45) is 0 Å². The van der Waals surface area contributed by atoms with Crippen molar-refractivity contribution in [2.45, 2.75) is 13.3 Å². The van der Waals surface area contributed by atoms with Gasteiger partial charge in [0.2, 0.25) is 5.91 Å². The normalized spacial score (nSPS) is 12.2. The first-order chi connectivity index (χ1) is 8.92. The smallest absolute Gasteiger partial charge is 0.244 e. The molecule has 0 saturated heterocycles.